The summed E-state index contributed by atoms with van der Waals surface area (Å²) in [6.07, 6.45) is -2.66. The maximum Gasteiger partial charge on any atom is 0.416 e. The molecular formula is C18H15ClF4N2S. The number of anilines is 1. The lowest BCUT2D eigenvalue weighted by atomic mass is 10.2. The van der Waals surface area contributed by atoms with Crippen molar-refractivity contribution in [2.24, 2.45) is 0 Å². The van der Waals surface area contributed by atoms with Crippen LogP contribution in [0.25, 0.3) is 0 Å². The zero-order chi connectivity index (χ0) is 18.9. The molecule has 2 nitrogen and oxygen atoms in total. The summed E-state index contributed by atoms with van der Waals surface area (Å²) in [5.74, 6) is -0.440. The number of thiocarbonyl (C=S) groups is 1. The van der Waals surface area contributed by atoms with Crippen molar-refractivity contribution in [2.45, 2.75) is 31.6 Å². The highest BCUT2D eigenvalue weighted by Gasteiger charge is 2.33. The van der Waals surface area contributed by atoms with Gasteiger partial charge in [-0.2, -0.15) is 13.2 Å². The van der Waals surface area contributed by atoms with Gasteiger partial charge in [-0.1, -0.05) is 23.7 Å². The number of alkyl halides is 3. The molecule has 2 aromatic rings. The molecule has 0 spiro atoms. The zero-order valence-corrected chi connectivity index (χ0v) is 15.1. The van der Waals surface area contributed by atoms with Crippen molar-refractivity contribution in [2.75, 3.05) is 5.32 Å². The van der Waals surface area contributed by atoms with Crippen LogP contribution in [-0.4, -0.2) is 16.1 Å². The predicted octanol–water partition coefficient (Wildman–Crippen LogP) is 5.86. The van der Waals surface area contributed by atoms with Gasteiger partial charge < -0.3 is 10.2 Å². The minimum absolute atomic E-state index is 0.122. The van der Waals surface area contributed by atoms with Crippen LogP contribution in [0.5, 0.6) is 0 Å². The van der Waals surface area contributed by atoms with E-state index < -0.39 is 17.6 Å². The Bertz CT molecular complexity index is 801. The van der Waals surface area contributed by atoms with Crippen LogP contribution >= 0.6 is 23.8 Å². The highest BCUT2D eigenvalue weighted by molar-refractivity contribution is 7.80. The van der Waals surface area contributed by atoms with Crippen LogP contribution in [0.15, 0.2) is 42.5 Å². The Morgan fingerprint density at radius 3 is 2.50 bits per heavy atom. The topological polar surface area (TPSA) is 15.3 Å². The second-order valence-corrected chi connectivity index (χ2v) is 6.86. The molecule has 0 atom stereocenters. The van der Waals surface area contributed by atoms with Gasteiger partial charge in [0.15, 0.2) is 5.11 Å². The summed E-state index contributed by atoms with van der Waals surface area (Å²) in [6, 6.07) is 9.34. The van der Waals surface area contributed by atoms with Gasteiger partial charge in [0, 0.05) is 28.9 Å². The standard InChI is InChI=1S/C18H15ClF4N2S/c19-15-5-2-6-16(20)14(15)10-25(13-7-8-13)17(26)24-12-4-1-3-11(9-12)18(21,22)23/h1-6,9,13H,7-8,10H2,(H,24,26). The molecule has 0 radical (unpaired) electrons. The molecule has 1 aliphatic rings. The zero-order valence-electron chi connectivity index (χ0n) is 13.5. The second kappa shape index (κ2) is 7.40. The summed E-state index contributed by atoms with van der Waals surface area (Å²) < 4.78 is 52.6. The van der Waals surface area contributed by atoms with Gasteiger partial charge in [0.2, 0.25) is 0 Å². The number of rotatable bonds is 4. The van der Waals surface area contributed by atoms with Crippen LogP contribution in [0, 0.1) is 5.82 Å². The third-order valence-electron chi connectivity index (χ3n) is 4.08. The first-order valence-electron chi connectivity index (χ1n) is 7.93. The van der Waals surface area contributed by atoms with Crippen molar-refractivity contribution in [1.82, 2.24) is 4.90 Å². The minimum atomic E-state index is -4.43. The molecule has 1 saturated carbocycles. The van der Waals surface area contributed by atoms with Gasteiger partial charge in [0.05, 0.1) is 5.56 Å². The van der Waals surface area contributed by atoms with E-state index in [9.17, 15) is 17.6 Å². The fourth-order valence-electron chi connectivity index (χ4n) is 2.58. The highest BCUT2D eigenvalue weighted by Crippen LogP contribution is 2.33. The molecule has 8 heteroatoms. The van der Waals surface area contributed by atoms with Crippen LogP contribution in [0.2, 0.25) is 5.02 Å². The molecule has 3 rings (SSSR count). The third kappa shape index (κ3) is 4.45. The van der Waals surface area contributed by atoms with Crippen LogP contribution in [0.4, 0.5) is 23.2 Å². The molecule has 0 heterocycles. The summed E-state index contributed by atoms with van der Waals surface area (Å²) in [6.45, 7) is 0.154. The van der Waals surface area contributed by atoms with Gasteiger partial charge in [-0.3, -0.25) is 0 Å². The smallest absolute Gasteiger partial charge is 0.342 e. The van der Waals surface area contributed by atoms with Gasteiger partial charge in [0.25, 0.3) is 0 Å². The molecule has 0 aliphatic heterocycles. The molecule has 1 fully saturated rings. The van der Waals surface area contributed by atoms with Crippen LogP contribution in [-0.2, 0) is 12.7 Å². The van der Waals surface area contributed by atoms with E-state index in [0.717, 1.165) is 25.0 Å². The fraction of sp³-hybridized carbons (Fsp3) is 0.278. The molecule has 0 saturated heterocycles. The van der Waals surface area contributed by atoms with E-state index in [-0.39, 0.29) is 28.4 Å². The van der Waals surface area contributed by atoms with Gasteiger partial charge in [-0.15, -0.1) is 0 Å². The van der Waals surface area contributed by atoms with E-state index in [1.807, 2.05) is 0 Å². The SMILES string of the molecule is Fc1cccc(Cl)c1CN(C(=S)Nc1cccc(C(F)(F)F)c1)C1CC1. The first kappa shape index (κ1) is 18.9. The van der Waals surface area contributed by atoms with E-state index in [2.05, 4.69) is 5.32 Å². The van der Waals surface area contributed by atoms with Gasteiger partial charge in [0.1, 0.15) is 5.82 Å². The Labute approximate surface area is 158 Å². The number of benzene rings is 2. The maximum absolute atomic E-state index is 14.1. The van der Waals surface area contributed by atoms with E-state index in [0.29, 0.717) is 5.56 Å². The second-order valence-electron chi connectivity index (χ2n) is 6.07. The monoisotopic (exact) mass is 402 g/mol. The van der Waals surface area contributed by atoms with E-state index in [1.165, 1.54) is 24.3 Å². The van der Waals surface area contributed by atoms with Gasteiger partial charge in [-0.25, -0.2) is 4.39 Å². The number of nitrogens with zero attached hydrogens (tertiary/aromatic N) is 1. The summed E-state index contributed by atoms with van der Waals surface area (Å²) in [5, 5.41) is 3.36. The lowest BCUT2D eigenvalue weighted by molar-refractivity contribution is -0.137. The number of hydrogen-bond donors (Lipinski definition) is 1. The average molecular weight is 403 g/mol. The molecule has 2 aromatic carbocycles. The molecular weight excluding hydrogens is 388 g/mol. The molecule has 1 aliphatic carbocycles. The van der Waals surface area contributed by atoms with Crippen LogP contribution < -0.4 is 5.32 Å². The quantitative estimate of drug-likeness (QED) is 0.509. The summed E-state index contributed by atoms with van der Waals surface area (Å²) in [7, 11) is 0. The van der Waals surface area contributed by atoms with Crippen molar-refractivity contribution in [3.63, 3.8) is 0 Å². The summed E-state index contributed by atoms with van der Waals surface area (Å²) in [4.78, 5) is 1.76. The predicted molar refractivity (Wildman–Crippen MR) is 97.6 cm³/mol. The molecule has 26 heavy (non-hydrogen) atoms. The van der Waals surface area contributed by atoms with E-state index >= 15 is 0 Å². The van der Waals surface area contributed by atoms with Gasteiger partial charge >= 0.3 is 6.18 Å². The minimum Gasteiger partial charge on any atom is -0.342 e. The molecule has 0 bridgehead atoms. The van der Waals surface area contributed by atoms with E-state index in [1.54, 1.807) is 11.0 Å². The third-order valence-corrected chi connectivity index (χ3v) is 4.77. The normalized spacial score (nSPS) is 14.2. The fourth-order valence-corrected chi connectivity index (χ4v) is 3.13. The van der Waals surface area contributed by atoms with Crippen molar-refractivity contribution < 1.29 is 17.6 Å². The highest BCUT2D eigenvalue weighted by atomic mass is 35.5. The molecule has 0 aromatic heterocycles. The Morgan fingerprint density at radius 2 is 1.88 bits per heavy atom. The Hall–Kier alpha value is -1.86. The van der Waals surface area contributed by atoms with Crippen molar-refractivity contribution in [3.8, 4) is 0 Å². The Kier molecular flexibility index (Phi) is 5.39. The Balaban J connectivity index is 1.78. The first-order valence-corrected chi connectivity index (χ1v) is 8.72. The molecule has 0 unspecified atom stereocenters. The van der Waals surface area contributed by atoms with Crippen LogP contribution in [0.1, 0.15) is 24.0 Å². The van der Waals surface area contributed by atoms with Crippen molar-refractivity contribution in [1.29, 1.82) is 0 Å². The van der Waals surface area contributed by atoms with E-state index in [4.69, 9.17) is 23.8 Å². The summed E-state index contributed by atoms with van der Waals surface area (Å²) in [5.41, 5.74) is -0.218. The summed E-state index contributed by atoms with van der Waals surface area (Å²) >= 11 is 11.4. The largest absolute Gasteiger partial charge is 0.416 e. The lowest BCUT2D eigenvalue weighted by Gasteiger charge is -2.26. The van der Waals surface area contributed by atoms with Gasteiger partial charge in [-0.05, 0) is 55.4 Å². The average Bonchev–Trinajstić information content (AvgIpc) is 3.39. The number of halogens is 5. The maximum atomic E-state index is 14.1. The Morgan fingerprint density at radius 1 is 1.19 bits per heavy atom. The molecule has 138 valence electrons. The lowest BCUT2D eigenvalue weighted by Crippen LogP contribution is -2.36. The van der Waals surface area contributed by atoms with Crippen molar-refractivity contribution in [3.05, 3.63) is 64.4 Å². The number of hydrogen-bond acceptors (Lipinski definition) is 1. The first-order chi connectivity index (χ1) is 12.3. The van der Waals surface area contributed by atoms with Crippen LogP contribution in [0.3, 0.4) is 0 Å². The molecule has 0 amide bonds. The van der Waals surface area contributed by atoms with Crippen molar-refractivity contribution >= 4 is 34.6 Å². The number of nitrogens with one attached hydrogen (secondary N) is 1. The molecule has 1 N–H and O–H groups in total.